The fourth-order valence-electron chi connectivity index (χ4n) is 5.46. The van der Waals surface area contributed by atoms with Gasteiger partial charge in [-0.2, -0.15) is 13.2 Å². The van der Waals surface area contributed by atoms with Gasteiger partial charge in [0.2, 0.25) is 5.91 Å². The number of fused-ring (bicyclic) bond motifs is 1. The van der Waals surface area contributed by atoms with Gasteiger partial charge in [0.15, 0.2) is 0 Å². The zero-order valence-corrected chi connectivity index (χ0v) is 18.2. The monoisotopic (exact) mass is 438 g/mol. The van der Waals surface area contributed by atoms with Crippen molar-refractivity contribution in [3.05, 3.63) is 34.9 Å². The molecule has 1 amide bonds. The summed E-state index contributed by atoms with van der Waals surface area (Å²) < 4.78 is 45.0. The van der Waals surface area contributed by atoms with Gasteiger partial charge in [-0.25, -0.2) is 0 Å². The van der Waals surface area contributed by atoms with Gasteiger partial charge in [-0.15, -0.1) is 0 Å². The Labute approximate surface area is 182 Å². The summed E-state index contributed by atoms with van der Waals surface area (Å²) in [7, 11) is 0. The Hall–Kier alpha value is -1.60. The Morgan fingerprint density at radius 1 is 1.13 bits per heavy atom. The van der Waals surface area contributed by atoms with Gasteiger partial charge in [-0.1, -0.05) is 19.4 Å². The minimum absolute atomic E-state index is 0.0379. The van der Waals surface area contributed by atoms with Gasteiger partial charge in [0.05, 0.1) is 5.56 Å². The molecular weight excluding hydrogens is 405 g/mol. The second-order valence-corrected chi connectivity index (χ2v) is 9.35. The van der Waals surface area contributed by atoms with Crippen molar-refractivity contribution in [3.63, 3.8) is 0 Å². The van der Waals surface area contributed by atoms with E-state index in [1.54, 1.807) is 6.07 Å². The van der Waals surface area contributed by atoms with E-state index in [0.29, 0.717) is 24.1 Å². The number of carbonyl (C=O) groups is 1. The van der Waals surface area contributed by atoms with Crippen LogP contribution < -0.4 is 5.32 Å². The molecule has 3 atom stereocenters. The van der Waals surface area contributed by atoms with Crippen LogP contribution in [-0.2, 0) is 28.7 Å². The van der Waals surface area contributed by atoms with Gasteiger partial charge in [-0.3, -0.25) is 4.79 Å². The van der Waals surface area contributed by atoms with E-state index in [9.17, 15) is 18.0 Å². The maximum absolute atomic E-state index is 13.5. The number of carbonyl (C=O) groups excluding carboxylic acids is 1. The molecular formula is C24H33F3N2O2. The largest absolute Gasteiger partial charge is 0.416 e. The molecule has 4 nitrogen and oxygen atoms in total. The van der Waals surface area contributed by atoms with Crippen LogP contribution in [0.2, 0.25) is 0 Å². The molecule has 0 bridgehead atoms. The number of benzene rings is 1. The molecule has 1 aromatic carbocycles. The summed E-state index contributed by atoms with van der Waals surface area (Å²) in [5.74, 6) is 0.0850. The Kier molecular flexibility index (Phi) is 6.92. The molecule has 2 fully saturated rings. The van der Waals surface area contributed by atoms with E-state index in [-0.39, 0.29) is 24.4 Å². The zero-order valence-electron chi connectivity index (χ0n) is 18.2. The summed E-state index contributed by atoms with van der Waals surface area (Å²) in [6.07, 6.45) is 2.78. The van der Waals surface area contributed by atoms with E-state index < -0.39 is 11.7 Å². The van der Waals surface area contributed by atoms with Crippen LogP contribution >= 0.6 is 0 Å². The van der Waals surface area contributed by atoms with Crippen molar-refractivity contribution in [2.24, 2.45) is 5.92 Å². The van der Waals surface area contributed by atoms with E-state index >= 15 is 0 Å². The molecule has 0 spiro atoms. The highest BCUT2D eigenvalue weighted by atomic mass is 19.4. The molecule has 7 heteroatoms. The molecule has 1 aliphatic carbocycles. The summed E-state index contributed by atoms with van der Waals surface area (Å²) >= 11 is 0. The maximum atomic E-state index is 13.5. The topological polar surface area (TPSA) is 41.6 Å². The Morgan fingerprint density at radius 3 is 2.61 bits per heavy atom. The van der Waals surface area contributed by atoms with E-state index in [1.807, 2.05) is 4.90 Å². The number of ether oxygens (including phenoxy) is 1. The molecule has 31 heavy (non-hydrogen) atoms. The minimum atomic E-state index is -4.36. The van der Waals surface area contributed by atoms with Gasteiger partial charge in [0.1, 0.15) is 0 Å². The highest BCUT2D eigenvalue weighted by Crippen LogP contribution is 2.36. The average molecular weight is 439 g/mol. The van der Waals surface area contributed by atoms with E-state index in [1.165, 1.54) is 12.1 Å². The first kappa shape index (κ1) is 22.6. The first-order valence-electron chi connectivity index (χ1n) is 11.7. The highest BCUT2D eigenvalue weighted by molar-refractivity contribution is 5.80. The van der Waals surface area contributed by atoms with Crippen LogP contribution in [0.1, 0.15) is 68.6 Å². The maximum Gasteiger partial charge on any atom is 0.416 e. The highest BCUT2D eigenvalue weighted by Gasteiger charge is 2.38. The predicted octanol–water partition coefficient (Wildman–Crippen LogP) is 4.70. The lowest BCUT2D eigenvalue weighted by Crippen LogP contribution is -2.47. The van der Waals surface area contributed by atoms with Crippen LogP contribution in [0.5, 0.6) is 0 Å². The molecule has 4 rings (SSSR count). The smallest absolute Gasteiger partial charge is 0.381 e. The number of nitrogens with one attached hydrogen (secondary N) is 1. The van der Waals surface area contributed by atoms with Gasteiger partial charge in [0, 0.05) is 43.8 Å². The second-order valence-electron chi connectivity index (χ2n) is 9.35. The number of halogens is 3. The molecule has 1 saturated heterocycles. The lowest BCUT2D eigenvalue weighted by atomic mass is 9.89. The Morgan fingerprint density at radius 2 is 1.90 bits per heavy atom. The summed E-state index contributed by atoms with van der Waals surface area (Å²) in [5, 5.41) is 3.71. The van der Waals surface area contributed by atoms with Crippen LogP contribution in [0.15, 0.2) is 18.2 Å². The average Bonchev–Trinajstić information content (AvgIpc) is 3.21. The molecule has 1 saturated carbocycles. The molecule has 0 aromatic heterocycles. The molecule has 0 radical (unpaired) electrons. The predicted molar refractivity (Wildman–Crippen MR) is 112 cm³/mol. The SMILES string of the molecule is CCCC1Cc2ccc(C(F)(F)F)cc2CN1C(=O)[C@H]1CC[C@@H](NC2CCOCC2)C1. The van der Waals surface area contributed by atoms with Crippen LogP contribution in [0.4, 0.5) is 13.2 Å². The quantitative estimate of drug-likeness (QED) is 0.725. The Balaban J connectivity index is 1.45. The summed E-state index contributed by atoms with van der Waals surface area (Å²) in [6.45, 7) is 3.96. The lowest BCUT2D eigenvalue weighted by Gasteiger charge is -2.39. The number of amides is 1. The van der Waals surface area contributed by atoms with Gasteiger partial charge in [-0.05, 0) is 68.2 Å². The van der Waals surface area contributed by atoms with Crippen molar-refractivity contribution in [2.75, 3.05) is 13.2 Å². The first-order chi connectivity index (χ1) is 14.8. The second kappa shape index (κ2) is 9.49. The molecule has 1 N–H and O–H groups in total. The normalized spacial score (nSPS) is 27.4. The van der Waals surface area contributed by atoms with Crippen molar-refractivity contribution in [1.29, 1.82) is 0 Å². The zero-order chi connectivity index (χ0) is 22.0. The third kappa shape index (κ3) is 5.25. The number of hydrogen-bond acceptors (Lipinski definition) is 3. The van der Waals surface area contributed by atoms with Gasteiger partial charge in [0.25, 0.3) is 0 Å². The Bertz CT molecular complexity index is 777. The molecule has 2 heterocycles. The van der Waals surface area contributed by atoms with Crippen LogP contribution in [-0.4, -0.2) is 42.1 Å². The van der Waals surface area contributed by atoms with Gasteiger partial charge >= 0.3 is 6.18 Å². The van der Waals surface area contributed by atoms with Crippen molar-refractivity contribution in [1.82, 2.24) is 10.2 Å². The van der Waals surface area contributed by atoms with Crippen LogP contribution in [0.25, 0.3) is 0 Å². The van der Waals surface area contributed by atoms with Crippen LogP contribution in [0, 0.1) is 5.92 Å². The lowest BCUT2D eigenvalue weighted by molar-refractivity contribution is -0.139. The van der Waals surface area contributed by atoms with E-state index in [2.05, 4.69) is 12.2 Å². The molecule has 172 valence electrons. The van der Waals surface area contributed by atoms with Gasteiger partial charge < -0.3 is 15.0 Å². The summed E-state index contributed by atoms with van der Waals surface area (Å²) in [5.41, 5.74) is 0.959. The number of nitrogens with zero attached hydrogens (tertiary/aromatic N) is 1. The first-order valence-corrected chi connectivity index (χ1v) is 11.7. The standard InChI is InChI=1S/C24H33F3N2O2/c1-2-3-22-14-16-4-6-19(24(25,26)27)12-18(16)15-29(22)23(30)17-5-7-21(13-17)28-20-8-10-31-11-9-20/h4,6,12,17,20-22,28H,2-3,5,7-11,13-15H2,1H3/t17-,21+,22?/m0/s1. The molecule has 1 unspecified atom stereocenters. The fraction of sp³-hybridized carbons (Fsp3) is 0.708. The third-order valence-corrected chi connectivity index (χ3v) is 7.15. The van der Waals surface area contributed by atoms with Crippen molar-refractivity contribution < 1.29 is 22.7 Å². The van der Waals surface area contributed by atoms with Crippen molar-refractivity contribution in [2.45, 2.75) is 89.1 Å². The van der Waals surface area contributed by atoms with Crippen molar-refractivity contribution >= 4 is 5.91 Å². The van der Waals surface area contributed by atoms with Crippen molar-refractivity contribution in [3.8, 4) is 0 Å². The number of alkyl halides is 3. The summed E-state index contributed by atoms with van der Waals surface area (Å²) in [6, 6.07) is 4.89. The fourth-order valence-corrected chi connectivity index (χ4v) is 5.46. The van der Waals surface area contributed by atoms with E-state index in [4.69, 9.17) is 4.74 Å². The molecule has 2 aliphatic heterocycles. The molecule has 3 aliphatic rings. The molecule has 1 aromatic rings. The minimum Gasteiger partial charge on any atom is -0.381 e. The number of rotatable bonds is 5. The summed E-state index contributed by atoms with van der Waals surface area (Å²) in [4.78, 5) is 15.4. The van der Waals surface area contributed by atoms with E-state index in [0.717, 1.165) is 63.7 Å². The van der Waals surface area contributed by atoms with Crippen LogP contribution in [0.3, 0.4) is 0 Å². The third-order valence-electron chi connectivity index (χ3n) is 7.15. The number of hydrogen-bond donors (Lipinski definition) is 1.